The fourth-order valence-corrected chi connectivity index (χ4v) is 8.42. The van der Waals surface area contributed by atoms with Crippen LogP contribution in [0.1, 0.15) is 63.7 Å². The third-order valence-corrected chi connectivity index (χ3v) is 10.1. The van der Waals surface area contributed by atoms with Crippen molar-refractivity contribution in [3.8, 4) is 5.75 Å². The highest BCUT2D eigenvalue weighted by atomic mass is 16.5. The van der Waals surface area contributed by atoms with Crippen LogP contribution in [0.5, 0.6) is 5.75 Å². The molecule has 5 rings (SSSR count). The van der Waals surface area contributed by atoms with Gasteiger partial charge in [-0.25, -0.2) is 4.79 Å². The monoisotopic (exact) mass is 536 g/mol. The fraction of sp³-hybridized carbons (Fsp3) is 0.548. The van der Waals surface area contributed by atoms with Gasteiger partial charge in [-0.1, -0.05) is 44.6 Å². The second-order valence-corrected chi connectivity index (χ2v) is 12.2. The van der Waals surface area contributed by atoms with Crippen LogP contribution in [-0.2, 0) is 19.1 Å². The first-order valence-corrected chi connectivity index (χ1v) is 13.7. The third-order valence-electron chi connectivity index (χ3n) is 10.1. The number of carbonyl (C=O) groups excluding carboxylic acids is 4. The van der Waals surface area contributed by atoms with Gasteiger partial charge in [0.05, 0.1) is 6.10 Å². The van der Waals surface area contributed by atoms with Crippen molar-refractivity contribution in [2.24, 2.45) is 34.5 Å². The van der Waals surface area contributed by atoms with Crippen LogP contribution in [0.4, 0.5) is 0 Å². The molecule has 3 saturated carbocycles. The molecule has 0 radical (unpaired) electrons. The van der Waals surface area contributed by atoms with Crippen molar-refractivity contribution < 1.29 is 38.9 Å². The number of aliphatic hydroxyl groups excluding tert-OH is 1. The van der Waals surface area contributed by atoms with Crippen LogP contribution < -0.4 is 4.74 Å². The number of rotatable bonds is 5. The SMILES string of the molecule is CC(=O)Oc1ccccc1C(=O)OCC(=O)[C@@]1(O)CC[C@H]2[C@@H]3C[C@H](C)C4=CC(=O)C=C[C@]4(C)[C@H]3[C@@H](O)C[C@@]21C. The van der Waals surface area contributed by atoms with Crippen molar-refractivity contribution in [2.75, 3.05) is 6.61 Å². The first-order chi connectivity index (χ1) is 18.3. The minimum absolute atomic E-state index is 0.00578. The van der Waals surface area contributed by atoms with Crippen molar-refractivity contribution in [2.45, 2.75) is 65.1 Å². The summed E-state index contributed by atoms with van der Waals surface area (Å²) in [6.45, 7) is 6.64. The van der Waals surface area contributed by atoms with Gasteiger partial charge < -0.3 is 19.7 Å². The van der Waals surface area contributed by atoms with Crippen LogP contribution >= 0.6 is 0 Å². The van der Waals surface area contributed by atoms with Crippen LogP contribution in [0.3, 0.4) is 0 Å². The van der Waals surface area contributed by atoms with E-state index in [1.165, 1.54) is 19.1 Å². The second-order valence-electron chi connectivity index (χ2n) is 12.2. The summed E-state index contributed by atoms with van der Waals surface area (Å²) in [4.78, 5) is 49.9. The van der Waals surface area contributed by atoms with Gasteiger partial charge in [-0.15, -0.1) is 0 Å². The predicted molar refractivity (Wildman–Crippen MR) is 141 cm³/mol. The fourth-order valence-electron chi connectivity index (χ4n) is 8.42. The largest absolute Gasteiger partial charge is 0.454 e. The molecular weight excluding hydrogens is 500 g/mol. The van der Waals surface area contributed by atoms with Crippen LogP contribution in [0.2, 0.25) is 0 Å². The van der Waals surface area contributed by atoms with Gasteiger partial charge in [0.15, 0.2) is 12.4 Å². The zero-order valence-corrected chi connectivity index (χ0v) is 22.8. The molecule has 0 amide bonds. The molecule has 8 heteroatoms. The average Bonchev–Trinajstić information content (AvgIpc) is 3.14. The van der Waals surface area contributed by atoms with Crippen molar-refractivity contribution >= 4 is 23.5 Å². The van der Waals surface area contributed by atoms with E-state index in [-0.39, 0.29) is 53.6 Å². The standard InChI is InChI=1S/C31H36O8/c1-17-13-21-22-10-12-31(37,26(35)16-38-28(36)20-7-5-6-8-25(20)39-18(2)32)30(22,4)15-24(34)27(21)29(3)11-9-19(33)14-23(17)29/h5-9,11,14,17,21-22,24,27,34,37H,10,12-13,15-16H2,1-4H3/t17-,21-,22-,24-,27+,29-,30-,31-/m0/s1. The number of aliphatic hydroxyl groups is 2. The molecule has 8 nitrogen and oxygen atoms in total. The van der Waals surface area contributed by atoms with Gasteiger partial charge in [-0.05, 0) is 67.7 Å². The van der Waals surface area contributed by atoms with Crippen LogP contribution in [0.15, 0.2) is 48.1 Å². The maximum atomic E-state index is 13.5. The minimum Gasteiger partial charge on any atom is -0.454 e. The Bertz CT molecular complexity index is 1300. The topological polar surface area (TPSA) is 127 Å². The molecule has 1 aromatic rings. The Balaban J connectivity index is 1.36. The molecule has 4 aliphatic rings. The minimum atomic E-state index is -1.77. The van der Waals surface area contributed by atoms with E-state index in [1.54, 1.807) is 24.3 Å². The molecule has 0 bridgehead atoms. The van der Waals surface area contributed by atoms with Crippen molar-refractivity contribution in [3.63, 3.8) is 0 Å². The number of hydrogen-bond donors (Lipinski definition) is 2. The maximum Gasteiger partial charge on any atom is 0.342 e. The Morgan fingerprint density at radius 3 is 2.59 bits per heavy atom. The van der Waals surface area contributed by atoms with E-state index in [1.807, 2.05) is 13.0 Å². The lowest BCUT2D eigenvalue weighted by Gasteiger charge is -2.60. The van der Waals surface area contributed by atoms with E-state index in [0.717, 1.165) is 12.0 Å². The summed E-state index contributed by atoms with van der Waals surface area (Å²) in [5.41, 5.74) is -2.08. The molecule has 0 saturated heterocycles. The zero-order chi connectivity index (χ0) is 28.3. The Labute approximate surface area is 228 Å². The highest BCUT2D eigenvalue weighted by Gasteiger charge is 2.68. The highest BCUT2D eigenvalue weighted by Crippen LogP contribution is 2.67. The number of para-hydroxylation sites is 1. The van der Waals surface area contributed by atoms with Gasteiger partial charge in [0.1, 0.15) is 16.9 Å². The van der Waals surface area contributed by atoms with Gasteiger partial charge in [0, 0.05) is 23.7 Å². The van der Waals surface area contributed by atoms with Crippen LogP contribution in [0.25, 0.3) is 0 Å². The number of fused-ring (bicyclic) bond motifs is 5. The van der Waals surface area contributed by atoms with Gasteiger partial charge >= 0.3 is 11.9 Å². The van der Waals surface area contributed by atoms with Gasteiger partial charge in [0.25, 0.3) is 0 Å². The number of esters is 2. The molecule has 4 aliphatic carbocycles. The van der Waals surface area contributed by atoms with Crippen molar-refractivity contribution in [1.29, 1.82) is 0 Å². The predicted octanol–water partition coefficient (Wildman–Crippen LogP) is 3.59. The van der Waals surface area contributed by atoms with Crippen molar-refractivity contribution in [3.05, 3.63) is 53.6 Å². The molecule has 0 unspecified atom stereocenters. The highest BCUT2D eigenvalue weighted by molar-refractivity contribution is 6.01. The summed E-state index contributed by atoms with van der Waals surface area (Å²) < 4.78 is 10.4. The number of ketones is 2. The summed E-state index contributed by atoms with van der Waals surface area (Å²) >= 11 is 0. The molecule has 8 atom stereocenters. The summed E-state index contributed by atoms with van der Waals surface area (Å²) in [6, 6.07) is 6.09. The quantitative estimate of drug-likeness (QED) is 0.432. The molecule has 0 aromatic heterocycles. The second kappa shape index (κ2) is 9.52. The third kappa shape index (κ3) is 4.19. The number of carbonyl (C=O) groups is 4. The van der Waals surface area contributed by atoms with E-state index in [2.05, 4.69) is 13.8 Å². The lowest BCUT2D eigenvalue weighted by molar-refractivity contribution is -0.180. The van der Waals surface area contributed by atoms with Crippen LogP contribution in [-0.4, -0.2) is 52.0 Å². The summed E-state index contributed by atoms with van der Waals surface area (Å²) in [7, 11) is 0. The molecule has 208 valence electrons. The van der Waals surface area contributed by atoms with Gasteiger partial charge in [-0.2, -0.15) is 0 Å². The van der Waals surface area contributed by atoms with E-state index in [9.17, 15) is 29.4 Å². The molecule has 1 aromatic carbocycles. The molecule has 0 heterocycles. The van der Waals surface area contributed by atoms with Crippen molar-refractivity contribution in [1.82, 2.24) is 0 Å². The van der Waals surface area contributed by atoms with E-state index >= 15 is 0 Å². The summed E-state index contributed by atoms with van der Waals surface area (Å²) in [5.74, 6) is -2.01. The lowest BCUT2D eigenvalue weighted by atomic mass is 9.45. The number of Topliss-reactive ketones (excluding diaryl/α,β-unsaturated/α-hetero) is 1. The first kappa shape index (κ1) is 27.5. The molecule has 0 spiro atoms. The Morgan fingerprint density at radius 2 is 1.87 bits per heavy atom. The molecule has 3 fully saturated rings. The summed E-state index contributed by atoms with van der Waals surface area (Å²) in [5, 5.41) is 23.4. The summed E-state index contributed by atoms with van der Waals surface area (Å²) in [6.07, 6.45) is 6.26. The maximum absolute atomic E-state index is 13.5. The average molecular weight is 537 g/mol. The van der Waals surface area contributed by atoms with Gasteiger partial charge in [-0.3, -0.25) is 14.4 Å². The zero-order valence-electron chi connectivity index (χ0n) is 22.8. The van der Waals surface area contributed by atoms with E-state index in [0.29, 0.717) is 6.42 Å². The Kier molecular flexibility index (Phi) is 6.71. The number of allylic oxidation sites excluding steroid dienone is 4. The number of benzene rings is 1. The number of hydrogen-bond acceptors (Lipinski definition) is 8. The molecule has 0 aliphatic heterocycles. The molecule has 2 N–H and O–H groups in total. The van der Waals surface area contributed by atoms with Crippen LogP contribution in [0, 0.1) is 34.5 Å². The first-order valence-electron chi connectivity index (χ1n) is 13.7. The Morgan fingerprint density at radius 1 is 1.15 bits per heavy atom. The lowest BCUT2D eigenvalue weighted by Crippen LogP contribution is -2.62. The Hall–Kier alpha value is -3.10. The van der Waals surface area contributed by atoms with Gasteiger partial charge in [0.2, 0.25) is 5.78 Å². The molecule has 39 heavy (non-hydrogen) atoms. The number of ether oxygens (including phenoxy) is 2. The van der Waals surface area contributed by atoms with E-state index in [4.69, 9.17) is 9.47 Å². The normalized spacial score (nSPS) is 38.7. The molecular formula is C31H36O8. The smallest absolute Gasteiger partial charge is 0.342 e. The van der Waals surface area contributed by atoms with E-state index < -0.39 is 46.9 Å².